The number of hydrogen-bond acceptors (Lipinski definition) is 3. The molecule has 1 unspecified atom stereocenters. The molecule has 0 spiro atoms. The minimum Gasteiger partial charge on any atom is -0.480 e. The van der Waals surface area contributed by atoms with Gasteiger partial charge in [0.15, 0.2) is 0 Å². The highest BCUT2D eigenvalue weighted by Crippen LogP contribution is 2.36. The number of nitrogens with one attached hydrogen (secondary N) is 1. The molecule has 2 N–H and O–H groups in total. The Hall–Kier alpha value is -1.66. The van der Waals surface area contributed by atoms with Gasteiger partial charge < -0.3 is 14.8 Å². The van der Waals surface area contributed by atoms with Crippen molar-refractivity contribution in [2.75, 3.05) is 13.7 Å². The molecule has 0 fully saturated rings. The molecule has 4 nitrogen and oxygen atoms in total. The van der Waals surface area contributed by atoms with Crippen molar-refractivity contribution in [1.29, 1.82) is 0 Å². The molecule has 0 bridgehead atoms. The third kappa shape index (κ3) is 4.54. The maximum absolute atomic E-state index is 11.4. The summed E-state index contributed by atoms with van der Waals surface area (Å²) >= 11 is 0. The fourth-order valence-corrected chi connectivity index (χ4v) is 7.82. The number of likely N-dealkylation sites (N-methyl/N-ethyl adjacent to an activating group) is 1. The van der Waals surface area contributed by atoms with E-state index in [1.807, 2.05) is 36.4 Å². The average molecular weight is 394 g/mol. The van der Waals surface area contributed by atoms with Gasteiger partial charge in [-0.05, 0) is 22.5 Å². The lowest BCUT2D eigenvalue weighted by Gasteiger charge is -2.43. The van der Waals surface area contributed by atoms with Crippen LogP contribution in [0.5, 0.6) is 0 Å². The minimum atomic E-state index is -2.68. The van der Waals surface area contributed by atoms with Crippen molar-refractivity contribution in [3.05, 3.63) is 60.7 Å². The Morgan fingerprint density at radius 3 is 1.77 bits per heavy atom. The predicted octanol–water partition coefficient (Wildman–Crippen LogP) is 2.66. The van der Waals surface area contributed by atoms with Crippen LogP contribution in [0, 0.1) is 0 Å². The van der Waals surface area contributed by atoms with E-state index >= 15 is 0 Å². The van der Waals surface area contributed by atoms with Crippen LogP contribution in [0.1, 0.15) is 20.8 Å². The van der Waals surface area contributed by atoms with E-state index in [1.165, 1.54) is 0 Å². The maximum Gasteiger partial charge on any atom is 0.323 e. The number of carboxylic acids is 1. The highest BCUT2D eigenvalue weighted by atomic mass is 35.5. The molecule has 26 heavy (non-hydrogen) atoms. The van der Waals surface area contributed by atoms with Gasteiger partial charge in [0.05, 0.1) is 6.61 Å². The van der Waals surface area contributed by atoms with E-state index in [0.717, 1.165) is 10.4 Å². The second-order valence-corrected chi connectivity index (χ2v) is 11.5. The molecule has 0 aliphatic rings. The van der Waals surface area contributed by atoms with E-state index in [9.17, 15) is 9.90 Å². The molecule has 0 saturated carbocycles. The molecular formula is C20H28ClNO3Si. The zero-order valence-electron chi connectivity index (χ0n) is 15.7. The first kappa shape index (κ1) is 22.4. The van der Waals surface area contributed by atoms with Gasteiger partial charge in [0.1, 0.15) is 6.04 Å². The first-order valence-electron chi connectivity index (χ1n) is 8.48. The summed E-state index contributed by atoms with van der Waals surface area (Å²) in [6.45, 7) is 6.65. The third-order valence-electron chi connectivity index (χ3n) is 4.53. The monoisotopic (exact) mass is 393 g/mol. The number of halogens is 1. The Kier molecular flexibility index (Phi) is 8.03. The molecule has 0 aliphatic carbocycles. The van der Waals surface area contributed by atoms with Crippen LogP contribution >= 0.6 is 12.4 Å². The summed E-state index contributed by atoms with van der Waals surface area (Å²) in [5, 5.41) is 14.3. The van der Waals surface area contributed by atoms with Crippen molar-refractivity contribution in [1.82, 2.24) is 5.32 Å². The largest absolute Gasteiger partial charge is 0.480 e. The van der Waals surface area contributed by atoms with Crippen molar-refractivity contribution >= 4 is 37.1 Å². The van der Waals surface area contributed by atoms with Gasteiger partial charge in [-0.1, -0.05) is 81.4 Å². The van der Waals surface area contributed by atoms with Crippen LogP contribution < -0.4 is 15.7 Å². The van der Waals surface area contributed by atoms with Crippen molar-refractivity contribution in [2.45, 2.75) is 31.9 Å². The number of carbonyl (C=O) groups is 1. The first-order valence-corrected chi connectivity index (χ1v) is 10.4. The fourth-order valence-electron chi connectivity index (χ4n) is 3.25. The highest BCUT2D eigenvalue weighted by Gasteiger charge is 2.50. The van der Waals surface area contributed by atoms with E-state index in [2.05, 4.69) is 50.4 Å². The number of benzene rings is 2. The van der Waals surface area contributed by atoms with E-state index in [0.29, 0.717) is 0 Å². The van der Waals surface area contributed by atoms with Crippen LogP contribution in [-0.4, -0.2) is 39.1 Å². The summed E-state index contributed by atoms with van der Waals surface area (Å²) in [6, 6.07) is 19.7. The van der Waals surface area contributed by atoms with Gasteiger partial charge in [-0.3, -0.25) is 4.79 Å². The van der Waals surface area contributed by atoms with Gasteiger partial charge in [0.25, 0.3) is 8.32 Å². The minimum absolute atomic E-state index is 0. The Bertz CT molecular complexity index is 650. The van der Waals surface area contributed by atoms with E-state index in [1.54, 1.807) is 7.05 Å². The van der Waals surface area contributed by atoms with Crippen molar-refractivity contribution in [2.24, 2.45) is 0 Å². The number of hydrogen-bond donors (Lipinski definition) is 2. The first-order chi connectivity index (χ1) is 11.8. The average Bonchev–Trinajstić information content (AvgIpc) is 2.59. The van der Waals surface area contributed by atoms with Gasteiger partial charge in [0.2, 0.25) is 0 Å². The second kappa shape index (κ2) is 9.32. The Morgan fingerprint density at radius 2 is 1.46 bits per heavy atom. The molecule has 0 radical (unpaired) electrons. The zero-order chi connectivity index (χ0) is 18.5. The molecule has 0 aliphatic heterocycles. The van der Waals surface area contributed by atoms with Gasteiger partial charge in [-0.25, -0.2) is 0 Å². The fraction of sp³-hybridized carbons (Fsp3) is 0.350. The quantitative estimate of drug-likeness (QED) is 0.710. The lowest BCUT2D eigenvalue weighted by molar-refractivity contribution is -0.140. The number of carboxylic acid groups (broad SMARTS) is 1. The Morgan fingerprint density at radius 1 is 1.04 bits per heavy atom. The van der Waals surface area contributed by atoms with E-state index in [4.69, 9.17) is 4.43 Å². The van der Waals surface area contributed by atoms with Crippen LogP contribution in [0.4, 0.5) is 0 Å². The Balaban J connectivity index is 0.00000338. The zero-order valence-corrected chi connectivity index (χ0v) is 17.5. The van der Waals surface area contributed by atoms with Crippen LogP contribution in [0.15, 0.2) is 60.7 Å². The van der Waals surface area contributed by atoms with Crippen molar-refractivity contribution in [3.63, 3.8) is 0 Å². The van der Waals surface area contributed by atoms with E-state index in [-0.39, 0.29) is 24.1 Å². The number of rotatable bonds is 7. The topological polar surface area (TPSA) is 58.6 Å². The summed E-state index contributed by atoms with van der Waals surface area (Å²) in [5.74, 6) is -0.902. The van der Waals surface area contributed by atoms with Crippen LogP contribution in [0.3, 0.4) is 0 Å². The molecule has 2 rings (SSSR count). The molecule has 142 valence electrons. The van der Waals surface area contributed by atoms with Gasteiger partial charge in [-0.15, -0.1) is 12.4 Å². The maximum atomic E-state index is 11.4. The molecule has 0 aromatic heterocycles. The molecule has 0 amide bonds. The van der Waals surface area contributed by atoms with Crippen molar-refractivity contribution in [3.8, 4) is 0 Å². The molecule has 0 saturated heterocycles. The molecule has 0 heterocycles. The summed E-state index contributed by atoms with van der Waals surface area (Å²) in [7, 11) is -1.03. The molecule has 1 atom stereocenters. The normalized spacial score (nSPS) is 12.9. The van der Waals surface area contributed by atoms with Gasteiger partial charge >= 0.3 is 5.97 Å². The van der Waals surface area contributed by atoms with Crippen molar-refractivity contribution < 1.29 is 14.3 Å². The van der Waals surface area contributed by atoms with Crippen LogP contribution in [0.25, 0.3) is 0 Å². The summed E-state index contributed by atoms with van der Waals surface area (Å²) in [4.78, 5) is 11.4. The molecule has 2 aromatic carbocycles. The van der Waals surface area contributed by atoms with Crippen LogP contribution in [0.2, 0.25) is 5.04 Å². The highest BCUT2D eigenvalue weighted by molar-refractivity contribution is 6.99. The molecule has 2 aromatic rings. The molecule has 6 heteroatoms. The molecular weight excluding hydrogens is 366 g/mol. The standard InChI is InChI=1S/C20H27NO3Si.ClH/c1-20(2,3)25(16-11-7-5-8-12-16,17-13-9-6-10-14-17)24-15-18(21-4)19(22)23;/h5-14,18,21H,15H2,1-4H3,(H,22,23);1H. The van der Waals surface area contributed by atoms with E-state index < -0.39 is 20.3 Å². The lowest BCUT2D eigenvalue weighted by Crippen LogP contribution is -2.67. The summed E-state index contributed by atoms with van der Waals surface area (Å²) in [6.07, 6.45) is 0. The summed E-state index contributed by atoms with van der Waals surface area (Å²) < 4.78 is 6.58. The Labute approximate surface area is 163 Å². The summed E-state index contributed by atoms with van der Waals surface area (Å²) in [5.41, 5.74) is 0. The predicted molar refractivity (Wildman–Crippen MR) is 111 cm³/mol. The SMILES string of the molecule is CNC(CO[Si](c1ccccc1)(c1ccccc1)C(C)(C)C)C(=O)O.Cl. The second-order valence-electron chi connectivity index (χ2n) is 7.15. The van der Waals surface area contributed by atoms with Crippen LogP contribution in [-0.2, 0) is 9.22 Å². The lowest BCUT2D eigenvalue weighted by atomic mass is 10.2. The van der Waals surface area contributed by atoms with Gasteiger partial charge in [-0.2, -0.15) is 0 Å². The van der Waals surface area contributed by atoms with Gasteiger partial charge in [0, 0.05) is 0 Å². The number of aliphatic carboxylic acids is 1. The third-order valence-corrected chi connectivity index (χ3v) is 9.53. The smallest absolute Gasteiger partial charge is 0.323 e.